The Hall–Kier alpha value is -1.71. The Morgan fingerprint density at radius 1 is 1.37 bits per heavy atom. The highest BCUT2D eigenvalue weighted by molar-refractivity contribution is 5.94. The van der Waals surface area contributed by atoms with E-state index in [1.165, 1.54) is 0 Å². The zero-order chi connectivity index (χ0) is 14.3. The van der Waals surface area contributed by atoms with E-state index in [0.717, 1.165) is 12.8 Å². The lowest BCUT2D eigenvalue weighted by atomic mass is 10.1. The molecule has 0 amide bonds. The van der Waals surface area contributed by atoms with Gasteiger partial charge in [0.05, 0.1) is 18.9 Å². The Balaban J connectivity index is 2.63. The molecule has 19 heavy (non-hydrogen) atoms. The second-order valence-corrected chi connectivity index (χ2v) is 4.83. The van der Waals surface area contributed by atoms with Crippen LogP contribution < -0.4 is 10.5 Å². The summed E-state index contributed by atoms with van der Waals surface area (Å²) in [5, 5.41) is 0. The average Bonchev–Trinajstić information content (AvgIpc) is 2.36. The Bertz CT molecular complexity index is 416. The van der Waals surface area contributed by atoms with E-state index < -0.39 is 0 Å². The number of ether oxygens (including phenoxy) is 2. The standard InChI is InChI=1S/C15H23NO3/c1-4-18-14-12(8-5-9-13(14)16)15(17)19-10-6-7-11(2)3/h5,8-9,11H,4,6-7,10,16H2,1-3H3. The molecule has 0 radical (unpaired) electrons. The molecule has 0 spiro atoms. The van der Waals surface area contributed by atoms with Crippen molar-refractivity contribution in [3.8, 4) is 5.75 Å². The molecule has 4 nitrogen and oxygen atoms in total. The molecule has 2 N–H and O–H groups in total. The van der Waals surface area contributed by atoms with Crippen molar-refractivity contribution in [1.82, 2.24) is 0 Å². The summed E-state index contributed by atoms with van der Waals surface area (Å²) in [7, 11) is 0. The predicted molar refractivity (Wildman–Crippen MR) is 76.4 cm³/mol. The van der Waals surface area contributed by atoms with Crippen LogP contribution in [0.3, 0.4) is 0 Å². The number of hydrogen-bond acceptors (Lipinski definition) is 4. The molecule has 1 aromatic rings. The van der Waals surface area contributed by atoms with E-state index >= 15 is 0 Å². The SMILES string of the molecule is CCOc1c(N)cccc1C(=O)OCCCC(C)C. The van der Waals surface area contributed by atoms with Gasteiger partial charge in [-0.2, -0.15) is 0 Å². The molecular formula is C15H23NO3. The molecule has 0 saturated carbocycles. The highest BCUT2D eigenvalue weighted by Crippen LogP contribution is 2.27. The average molecular weight is 265 g/mol. The zero-order valence-electron chi connectivity index (χ0n) is 11.9. The van der Waals surface area contributed by atoms with Crippen LogP contribution in [-0.2, 0) is 4.74 Å². The van der Waals surface area contributed by atoms with Gasteiger partial charge in [-0.1, -0.05) is 19.9 Å². The van der Waals surface area contributed by atoms with Crippen LogP contribution in [0.1, 0.15) is 44.0 Å². The number of anilines is 1. The van der Waals surface area contributed by atoms with Crippen LogP contribution in [0.25, 0.3) is 0 Å². The molecule has 0 aliphatic heterocycles. The molecule has 0 aliphatic rings. The quantitative estimate of drug-likeness (QED) is 0.467. The van der Waals surface area contributed by atoms with Gasteiger partial charge in [0.15, 0.2) is 5.75 Å². The van der Waals surface area contributed by atoms with E-state index in [9.17, 15) is 4.79 Å². The van der Waals surface area contributed by atoms with Crippen molar-refractivity contribution in [3.05, 3.63) is 23.8 Å². The van der Waals surface area contributed by atoms with Crippen LogP contribution in [0.5, 0.6) is 5.75 Å². The monoisotopic (exact) mass is 265 g/mol. The molecule has 0 aliphatic carbocycles. The number of esters is 1. The summed E-state index contributed by atoms with van der Waals surface area (Å²) in [6.07, 6.45) is 1.91. The summed E-state index contributed by atoms with van der Waals surface area (Å²) in [5.41, 5.74) is 6.66. The summed E-state index contributed by atoms with van der Waals surface area (Å²) < 4.78 is 10.7. The van der Waals surface area contributed by atoms with Gasteiger partial charge in [-0.05, 0) is 37.8 Å². The summed E-state index contributed by atoms with van der Waals surface area (Å²) in [5.74, 6) is 0.656. The second kappa shape index (κ2) is 7.67. The number of hydrogen-bond donors (Lipinski definition) is 1. The molecule has 0 bridgehead atoms. The van der Waals surface area contributed by atoms with Crippen LogP contribution >= 0.6 is 0 Å². The lowest BCUT2D eigenvalue weighted by Crippen LogP contribution is -2.10. The fraction of sp³-hybridized carbons (Fsp3) is 0.533. The van der Waals surface area contributed by atoms with Gasteiger partial charge in [-0.25, -0.2) is 4.79 Å². The number of carbonyl (C=O) groups excluding carboxylic acids is 1. The Kier molecular flexibility index (Phi) is 6.19. The second-order valence-electron chi connectivity index (χ2n) is 4.83. The van der Waals surface area contributed by atoms with E-state index in [1.54, 1.807) is 18.2 Å². The fourth-order valence-corrected chi connectivity index (χ4v) is 1.76. The van der Waals surface area contributed by atoms with E-state index in [2.05, 4.69) is 13.8 Å². The van der Waals surface area contributed by atoms with Crippen molar-refractivity contribution in [2.45, 2.75) is 33.6 Å². The Morgan fingerprint density at radius 3 is 2.74 bits per heavy atom. The maximum absolute atomic E-state index is 12.0. The Labute approximate surface area is 114 Å². The van der Waals surface area contributed by atoms with Gasteiger partial charge in [0.25, 0.3) is 0 Å². The molecular weight excluding hydrogens is 242 g/mol. The Morgan fingerprint density at radius 2 is 2.11 bits per heavy atom. The molecule has 1 rings (SSSR count). The molecule has 0 heterocycles. The lowest BCUT2D eigenvalue weighted by Gasteiger charge is -2.12. The summed E-state index contributed by atoms with van der Waals surface area (Å²) >= 11 is 0. The van der Waals surface area contributed by atoms with Crippen LogP contribution in [0.4, 0.5) is 5.69 Å². The highest BCUT2D eigenvalue weighted by Gasteiger charge is 2.16. The number of rotatable bonds is 7. The van der Waals surface area contributed by atoms with Crippen LogP contribution in [0.15, 0.2) is 18.2 Å². The van der Waals surface area contributed by atoms with E-state index in [4.69, 9.17) is 15.2 Å². The molecule has 4 heteroatoms. The summed E-state index contributed by atoms with van der Waals surface area (Å²) in [6.45, 7) is 7.03. The first kappa shape index (κ1) is 15.3. The predicted octanol–water partition coefficient (Wildman–Crippen LogP) is 3.26. The van der Waals surface area contributed by atoms with Crippen molar-refractivity contribution in [3.63, 3.8) is 0 Å². The third kappa shape index (κ3) is 4.81. The van der Waals surface area contributed by atoms with Gasteiger partial charge in [-0.15, -0.1) is 0 Å². The first-order valence-electron chi connectivity index (χ1n) is 6.74. The molecule has 0 saturated heterocycles. The largest absolute Gasteiger partial charge is 0.491 e. The number of nitrogen functional groups attached to an aromatic ring is 1. The van der Waals surface area contributed by atoms with Crippen LogP contribution in [0, 0.1) is 5.92 Å². The normalized spacial score (nSPS) is 10.5. The smallest absolute Gasteiger partial charge is 0.342 e. The van der Waals surface area contributed by atoms with Gasteiger partial charge in [-0.3, -0.25) is 0 Å². The summed E-state index contributed by atoms with van der Waals surface area (Å²) in [4.78, 5) is 12.0. The molecule has 1 aromatic carbocycles. The van der Waals surface area contributed by atoms with E-state index in [1.807, 2.05) is 6.92 Å². The summed E-state index contributed by atoms with van der Waals surface area (Å²) in [6, 6.07) is 5.11. The topological polar surface area (TPSA) is 61.5 Å². The fourth-order valence-electron chi connectivity index (χ4n) is 1.76. The van der Waals surface area contributed by atoms with E-state index in [-0.39, 0.29) is 5.97 Å². The first-order valence-corrected chi connectivity index (χ1v) is 6.74. The first-order chi connectivity index (χ1) is 9.06. The highest BCUT2D eigenvalue weighted by atomic mass is 16.5. The maximum atomic E-state index is 12.0. The third-order valence-electron chi connectivity index (χ3n) is 2.71. The third-order valence-corrected chi connectivity index (χ3v) is 2.71. The number of carbonyl (C=O) groups is 1. The van der Waals surface area contributed by atoms with Crippen molar-refractivity contribution in [1.29, 1.82) is 0 Å². The lowest BCUT2D eigenvalue weighted by molar-refractivity contribution is 0.0490. The van der Waals surface area contributed by atoms with Crippen LogP contribution in [0.2, 0.25) is 0 Å². The molecule has 0 aromatic heterocycles. The number of nitrogens with two attached hydrogens (primary N) is 1. The molecule has 106 valence electrons. The number of benzene rings is 1. The minimum atomic E-state index is -0.375. The molecule has 0 unspecified atom stereocenters. The van der Waals surface area contributed by atoms with Gasteiger partial charge in [0.1, 0.15) is 5.56 Å². The molecule has 0 atom stereocenters. The minimum Gasteiger partial charge on any atom is -0.491 e. The minimum absolute atomic E-state index is 0.375. The van der Waals surface area contributed by atoms with Gasteiger partial charge < -0.3 is 15.2 Å². The molecule has 0 fully saturated rings. The maximum Gasteiger partial charge on any atom is 0.342 e. The van der Waals surface area contributed by atoms with Crippen molar-refractivity contribution >= 4 is 11.7 Å². The van der Waals surface area contributed by atoms with Crippen molar-refractivity contribution in [2.75, 3.05) is 18.9 Å². The van der Waals surface area contributed by atoms with Crippen LogP contribution in [-0.4, -0.2) is 19.2 Å². The van der Waals surface area contributed by atoms with Crippen molar-refractivity contribution < 1.29 is 14.3 Å². The van der Waals surface area contributed by atoms with E-state index in [0.29, 0.717) is 36.1 Å². The zero-order valence-corrected chi connectivity index (χ0v) is 11.9. The number of para-hydroxylation sites is 1. The van der Waals surface area contributed by atoms with Gasteiger partial charge in [0, 0.05) is 0 Å². The van der Waals surface area contributed by atoms with Gasteiger partial charge >= 0.3 is 5.97 Å². The van der Waals surface area contributed by atoms with Crippen molar-refractivity contribution in [2.24, 2.45) is 5.92 Å². The van der Waals surface area contributed by atoms with Gasteiger partial charge in [0.2, 0.25) is 0 Å².